The predicted octanol–water partition coefficient (Wildman–Crippen LogP) is 3.71. The Hall–Kier alpha value is -2.62. The van der Waals surface area contributed by atoms with Gasteiger partial charge < -0.3 is 10.0 Å². The number of nitrogens with zero attached hydrogens (tertiary/aromatic N) is 1. The molecule has 1 heterocycles. The lowest BCUT2D eigenvalue weighted by Crippen LogP contribution is -2.41. The van der Waals surface area contributed by atoms with Crippen LogP contribution in [0.5, 0.6) is 0 Å². The zero-order valence-electron chi connectivity index (χ0n) is 14.0. The van der Waals surface area contributed by atoms with Gasteiger partial charge in [-0.2, -0.15) is 0 Å². The highest BCUT2D eigenvalue weighted by molar-refractivity contribution is 6.00. The molecule has 2 aromatic carbocycles. The van der Waals surface area contributed by atoms with Gasteiger partial charge in [0.15, 0.2) is 0 Å². The third-order valence-corrected chi connectivity index (χ3v) is 5.48. The fourth-order valence-electron chi connectivity index (χ4n) is 4.25. The maximum atomic E-state index is 13.3. The van der Waals surface area contributed by atoms with Gasteiger partial charge >= 0.3 is 5.97 Å². The van der Waals surface area contributed by atoms with Crippen LogP contribution >= 0.6 is 0 Å². The molecule has 1 aliphatic heterocycles. The van der Waals surface area contributed by atoms with E-state index in [2.05, 4.69) is 12.1 Å². The number of amides is 1. The number of benzene rings is 2. The molecule has 2 aromatic rings. The molecule has 25 heavy (non-hydrogen) atoms. The number of aliphatic carboxylic acids is 1. The van der Waals surface area contributed by atoms with Crippen LogP contribution in [0.25, 0.3) is 0 Å². The molecule has 0 aromatic heterocycles. The number of carbonyl (C=O) groups excluding carboxylic acids is 1. The van der Waals surface area contributed by atoms with Gasteiger partial charge in [-0.15, -0.1) is 0 Å². The number of hydrogen-bond donors (Lipinski definition) is 1. The predicted molar refractivity (Wildman–Crippen MR) is 95.9 cm³/mol. The molecule has 4 rings (SSSR count). The first-order valence-corrected chi connectivity index (χ1v) is 8.87. The van der Waals surface area contributed by atoms with E-state index in [0.717, 1.165) is 36.1 Å². The van der Waals surface area contributed by atoms with Crippen molar-refractivity contribution in [3.63, 3.8) is 0 Å². The van der Waals surface area contributed by atoms with Gasteiger partial charge in [-0.1, -0.05) is 42.5 Å². The van der Waals surface area contributed by atoms with Crippen LogP contribution in [0.2, 0.25) is 0 Å². The Balaban J connectivity index is 1.70. The minimum absolute atomic E-state index is 0.100. The molecule has 0 saturated heterocycles. The fourth-order valence-corrected chi connectivity index (χ4v) is 4.25. The summed E-state index contributed by atoms with van der Waals surface area (Å²) < 4.78 is 0. The van der Waals surface area contributed by atoms with E-state index < -0.39 is 11.9 Å². The highest BCUT2D eigenvalue weighted by Crippen LogP contribution is 2.39. The van der Waals surface area contributed by atoms with E-state index in [0.29, 0.717) is 13.0 Å². The number of fused-ring (bicyclic) bond motifs is 2. The molecule has 4 nitrogen and oxygen atoms in total. The summed E-state index contributed by atoms with van der Waals surface area (Å²) in [5.74, 6) is -1.37. The first-order valence-electron chi connectivity index (χ1n) is 8.87. The van der Waals surface area contributed by atoms with Crippen LogP contribution in [-0.2, 0) is 16.0 Å². The largest absolute Gasteiger partial charge is 0.481 e. The van der Waals surface area contributed by atoms with Crippen molar-refractivity contribution in [1.82, 2.24) is 0 Å². The molecule has 1 aliphatic carbocycles. The van der Waals surface area contributed by atoms with Gasteiger partial charge in [-0.3, -0.25) is 9.59 Å². The monoisotopic (exact) mass is 335 g/mol. The van der Waals surface area contributed by atoms with E-state index in [1.807, 2.05) is 41.3 Å². The number of carbonyl (C=O) groups is 2. The Morgan fingerprint density at radius 2 is 1.64 bits per heavy atom. The summed E-state index contributed by atoms with van der Waals surface area (Å²) in [5.41, 5.74) is 3.91. The number of carboxylic acid groups (broad SMARTS) is 1. The molecule has 2 unspecified atom stereocenters. The van der Waals surface area contributed by atoms with Crippen molar-refractivity contribution in [3.8, 4) is 0 Å². The summed E-state index contributed by atoms with van der Waals surface area (Å²) in [6, 6.07) is 15.6. The maximum Gasteiger partial charge on any atom is 0.311 e. The number of carboxylic acids is 1. The van der Waals surface area contributed by atoms with Crippen LogP contribution in [0, 0.1) is 0 Å². The Morgan fingerprint density at radius 3 is 2.44 bits per heavy atom. The molecule has 2 aliphatic rings. The second-order valence-electron chi connectivity index (χ2n) is 6.87. The van der Waals surface area contributed by atoms with E-state index in [1.165, 1.54) is 5.56 Å². The number of aryl methyl sites for hydroxylation is 1. The van der Waals surface area contributed by atoms with Gasteiger partial charge in [0.25, 0.3) is 0 Å². The molecular weight excluding hydrogens is 314 g/mol. The van der Waals surface area contributed by atoms with Gasteiger partial charge in [0, 0.05) is 12.2 Å². The normalized spacial score (nSPS) is 22.0. The minimum Gasteiger partial charge on any atom is -0.481 e. The van der Waals surface area contributed by atoms with E-state index in [1.54, 1.807) is 0 Å². The van der Waals surface area contributed by atoms with Crippen molar-refractivity contribution in [3.05, 3.63) is 65.2 Å². The van der Waals surface area contributed by atoms with Gasteiger partial charge in [-0.05, 0) is 48.4 Å². The lowest BCUT2D eigenvalue weighted by molar-refractivity contribution is -0.139. The second kappa shape index (κ2) is 6.36. The third-order valence-electron chi connectivity index (χ3n) is 5.48. The smallest absolute Gasteiger partial charge is 0.311 e. The van der Waals surface area contributed by atoms with E-state index in [-0.39, 0.29) is 11.8 Å². The van der Waals surface area contributed by atoms with Crippen LogP contribution in [0.4, 0.5) is 5.69 Å². The summed E-state index contributed by atoms with van der Waals surface area (Å²) in [7, 11) is 0. The number of rotatable bonds is 2. The Morgan fingerprint density at radius 1 is 0.920 bits per heavy atom. The minimum atomic E-state index is -0.817. The SMILES string of the molecule is O=C(O)C1CCN(C(=O)C2CCCc3ccccc32)c2ccccc21. The van der Waals surface area contributed by atoms with Gasteiger partial charge in [0.05, 0.1) is 11.8 Å². The fraction of sp³-hybridized carbons (Fsp3) is 0.333. The quantitative estimate of drug-likeness (QED) is 0.910. The highest BCUT2D eigenvalue weighted by atomic mass is 16.4. The summed E-state index contributed by atoms with van der Waals surface area (Å²) >= 11 is 0. The lowest BCUT2D eigenvalue weighted by atomic mass is 9.81. The summed E-state index contributed by atoms with van der Waals surface area (Å²) in [5, 5.41) is 9.49. The van der Waals surface area contributed by atoms with Crippen molar-refractivity contribution < 1.29 is 14.7 Å². The average molecular weight is 335 g/mol. The standard InChI is InChI=1S/C21H21NO3/c23-20(17-10-5-7-14-6-1-2-8-15(14)17)22-13-12-18(21(24)25)16-9-3-4-11-19(16)22/h1-4,6,8-9,11,17-18H,5,7,10,12-13H2,(H,24,25). The Bertz CT molecular complexity index is 829. The molecule has 2 atom stereocenters. The third kappa shape index (κ3) is 2.72. The summed E-state index contributed by atoms with van der Waals surface area (Å²) in [6.07, 6.45) is 3.36. The van der Waals surface area contributed by atoms with Gasteiger partial charge in [-0.25, -0.2) is 0 Å². The van der Waals surface area contributed by atoms with Crippen LogP contribution in [-0.4, -0.2) is 23.5 Å². The van der Waals surface area contributed by atoms with Gasteiger partial charge in [0.2, 0.25) is 5.91 Å². The first-order chi connectivity index (χ1) is 12.2. The average Bonchev–Trinajstić information content (AvgIpc) is 2.66. The van der Waals surface area contributed by atoms with Crippen LogP contribution in [0.3, 0.4) is 0 Å². The van der Waals surface area contributed by atoms with Crippen molar-refractivity contribution in [2.24, 2.45) is 0 Å². The maximum absolute atomic E-state index is 13.3. The molecule has 4 heteroatoms. The molecule has 0 saturated carbocycles. The summed E-state index contributed by atoms with van der Waals surface area (Å²) in [6.45, 7) is 0.464. The van der Waals surface area contributed by atoms with Crippen LogP contribution < -0.4 is 4.90 Å². The van der Waals surface area contributed by atoms with Crippen molar-refractivity contribution in [2.45, 2.75) is 37.5 Å². The number of hydrogen-bond acceptors (Lipinski definition) is 2. The van der Waals surface area contributed by atoms with Crippen LogP contribution in [0.15, 0.2) is 48.5 Å². The second-order valence-corrected chi connectivity index (χ2v) is 6.87. The van der Waals surface area contributed by atoms with Crippen LogP contribution in [0.1, 0.15) is 47.8 Å². The molecule has 128 valence electrons. The van der Waals surface area contributed by atoms with Gasteiger partial charge in [0.1, 0.15) is 0 Å². The molecule has 1 N–H and O–H groups in total. The number of anilines is 1. The Kier molecular flexibility index (Phi) is 4.04. The first kappa shape index (κ1) is 15.9. The zero-order valence-corrected chi connectivity index (χ0v) is 14.0. The van der Waals surface area contributed by atoms with E-state index in [9.17, 15) is 14.7 Å². The van der Waals surface area contributed by atoms with Crippen molar-refractivity contribution >= 4 is 17.6 Å². The zero-order chi connectivity index (χ0) is 17.4. The molecule has 0 bridgehead atoms. The highest BCUT2D eigenvalue weighted by Gasteiger charge is 2.36. The van der Waals surface area contributed by atoms with Crippen molar-refractivity contribution in [2.75, 3.05) is 11.4 Å². The summed E-state index contributed by atoms with van der Waals surface area (Å²) in [4.78, 5) is 26.7. The molecular formula is C21H21NO3. The van der Waals surface area contributed by atoms with E-state index >= 15 is 0 Å². The molecule has 1 amide bonds. The molecule has 0 spiro atoms. The van der Waals surface area contributed by atoms with E-state index in [4.69, 9.17) is 0 Å². The topological polar surface area (TPSA) is 57.6 Å². The molecule has 0 fully saturated rings. The van der Waals surface area contributed by atoms with Crippen molar-refractivity contribution in [1.29, 1.82) is 0 Å². The lowest BCUT2D eigenvalue weighted by Gasteiger charge is -2.36. The molecule has 0 radical (unpaired) electrons. The number of para-hydroxylation sites is 1. The Labute approximate surface area is 147 Å².